The Labute approximate surface area is 197 Å². The molecule has 2 heterocycles. The van der Waals surface area contributed by atoms with Crippen LogP contribution in [-0.2, 0) is 16.6 Å². The number of aromatic nitrogens is 3. The van der Waals surface area contributed by atoms with E-state index in [4.69, 9.17) is 4.74 Å². The highest BCUT2D eigenvalue weighted by molar-refractivity contribution is 7.99. The van der Waals surface area contributed by atoms with Gasteiger partial charge in [0.15, 0.2) is 17.6 Å². The van der Waals surface area contributed by atoms with Crippen LogP contribution in [0.15, 0.2) is 41.6 Å². The molecule has 0 spiro atoms. The Balaban J connectivity index is 1.46. The summed E-state index contributed by atoms with van der Waals surface area (Å²) in [6, 6.07) is 11.2. The van der Waals surface area contributed by atoms with Crippen molar-refractivity contribution in [3.63, 3.8) is 0 Å². The lowest BCUT2D eigenvalue weighted by molar-refractivity contribution is -0.121. The smallest absolute Gasteiger partial charge is 0.265 e. The quantitative estimate of drug-likeness (QED) is 0.555. The van der Waals surface area contributed by atoms with Gasteiger partial charge in [0.25, 0.3) is 5.91 Å². The zero-order chi connectivity index (χ0) is 23.7. The van der Waals surface area contributed by atoms with Gasteiger partial charge in [-0.25, -0.2) is 0 Å². The van der Waals surface area contributed by atoms with E-state index in [0.717, 1.165) is 16.8 Å². The molecule has 1 atom stereocenters. The number of hydrogen-bond donors (Lipinski definition) is 1. The molecule has 1 unspecified atom stereocenters. The fraction of sp³-hybridized carbons (Fsp3) is 0.333. The highest BCUT2D eigenvalue weighted by atomic mass is 32.2. The molecule has 0 fully saturated rings. The Bertz CT molecular complexity index is 1200. The number of carbonyl (C=O) groups excluding carboxylic acids is 2. The predicted molar refractivity (Wildman–Crippen MR) is 129 cm³/mol. The number of carbonyl (C=O) groups is 2. The second-order valence-electron chi connectivity index (χ2n) is 8.21. The van der Waals surface area contributed by atoms with Gasteiger partial charge in [-0.05, 0) is 51.0 Å². The predicted octanol–water partition coefficient (Wildman–Crippen LogP) is 3.96. The lowest BCUT2D eigenvalue weighted by atomic mass is 10.1. The summed E-state index contributed by atoms with van der Waals surface area (Å²) in [6.45, 7) is 7.92. The molecule has 0 bridgehead atoms. The zero-order valence-electron chi connectivity index (χ0n) is 19.4. The van der Waals surface area contributed by atoms with E-state index in [1.165, 1.54) is 17.3 Å². The lowest BCUT2D eigenvalue weighted by Crippen LogP contribution is -2.41. The number of thioether (sulfide) groups is 1. The molecule has 9 heteroatoms. The molecule has 0 saturated carbocycles. The van der Waals surface area contributed by atoms with Crippen LogP contribution < -0.4 is 15.0 Å². The maximum Gasteiger partial charge on any atom is 0.265 e. The van der Waals surface area contributed by atoms with Gasteiger partial charge in [-0.15, -0.1) is 10.2 Å². The highest BCUT2D eigenvalue weighted by Gasteiger charge is 2.32. The second kappa shape index (κ2) is 9.27. The Morgan fingerprint density at radius 3 is 2.61 bits per heavy atom. The van der Waals surface area contributed by atoms with Crippen molar-refractivity contribution in [2.75, 3.05) is 22.6 Å². The van der Waals surface area contributed by atoms with Crippen LogP contribution in [0.25, 0.3) is 0 Å². The van der Waals surface area contributed by atoms with Crippen LogP contribution in [0.3, 0.4) is 0 Å². The SMILES string of the molecule is Cc1cc(C)c(NC(=O)CSc2nnc(C(C)N3C(=O)COc4ccccc43)n2C)c(C)c1. The van der Waals surface area contributed by atoms with Gasteiger partial charge in [0.05, 0.1) is 17.5 Å². The molecule has 172 valence electrons. The van der Waals surface area contributed by atoms with Crippen LogP contribution in [0, 0.1) is 20.8 Å². The van der Waals surface area contributed by atoms with Gasteiger partial charge in [0, 0.05) is 12.7 Å². The van der Waals surface area contributed by atoms with Gasteiger partial charge >= 0.3 is 0 Å². The summed E-state index contributed by atoms with van der Waals surface area (Å²) in [6.07, 6.45) is 0. The maximum atomic E-state index is 12.6. The molecule has 33 heavy (non-hydrogen) atoms. The number of para-hydroxylation sites is 2. The van der Waals surface area contributed by atoms with Crippen LogP contribution >= 0.6 is 11.8 Å². The van der Waals surface area contributed by atoms with E-state index >= 15 is 0 Å². The zero-order valence-corrected chi connectivity index (χ0v) is 20.2. The molecule has 1 aromatic heterocycles. The highest BCUT2D eigenvalue weighted by Crippen LogP contribution is 2.37. The molecule has 0 aliphatic carbocycles. The molecular formula is C24H27N5O3S. The van der Waals surface area contributed by atoms with Gasteiger partial charge in [0.2, 0.25) is 5.91 Å². The van der Waals surface area contributed by atoms with Gasteiger partial charge < -0.3 is 14.6 Å². The van der Waals surface area contributed by atoms with Gasteiger partial charge in [-0.3, -0.25) is 14.5 Å². The van der Waals surface area contributed by atoms with Crippen molar-refractivity contribution >= 4 is 35.0 Å². The number of amides is 2. The molecule has 1 aliphatic rings. The van der Waals surface area contributed by atoms with Crippen LogP contribution in [0.1, 0.15) is 35.5 Å². The van der Waals surface area contributed by atoms with E-state index in [-0.39, 0.29) is 30.2 Å². The standard InChI is InChI=1S/C24H27N5O3S/c1-14-10-15(2)22(16(3)11-14)25-20(30)13-33-24-27-26-23(28(24)5)17(4)29-18-8-6-7-9-19(18)32-12-21(29)31/h6-11,17H,12-13H2,1-5H3,(H,25,30). The number of ether oxygens (including phenoxy) is 1. The van der Waals surface area contributed by atoms with Crippen molar-refractivity contribution < 1.29 is 14.3 Å². The van der Waals surface area contributed by atoms with Crippen LogP contribution in [-0.4, -0.2) is 38.9 Å². The molecule has 8 nitrogen and oxygen atoms in total. The van der Waals surface area contributed by atoms with Crippen LogP contribution in [0.4, 0.5) is 11.4 Å². The number of fused-ring (bicyclic) bond motifs is 1. The Morgan fingerprint density at radius 1 is 1.18 bits per heavy atom. The third-order valence-electron chi connectivity index (χ3n) is 5.65. The number of anilines is 2. The summed E-state index contributed by atoms with van der Waals surface area (Å²) < 4.78 is 7.37. The van der Waals surface area contributed by atoms with Gasteiger partial charge in [-0.2, -0.15) is 0 Å². The fourth-order valence-corrected chi connectivity index (χ4v) is 4.88. The van der Waals surface area contributed by atoms with Crippen molar-refractivity contribution in [2.24, 2.45) is 7.05 Å². The monoisotopic (exact) mass is 465 g/mol. The summed E-state index contributed by atoms with van der Waals surface area (Å²) in [5, 5.41) is 12.2. The molecule has 2 amide bonds. The number of benzene rings is 2. The largest absolute Gasteiger partial charge is 0.482 e. The molecular weight excluding hydrogens is 438 g/mol. The first-order chi connectivity index (χ1) is 15.8. The molecule has 3 aromatic rings. The average Bonchev–Trinajstić information content (AvgIpc) is 3.14. The second-order valence-corrected chi connectivity index (χ2v) is 9.15. The van der Waals surface area contributed by atoms with E-state index in [1.54, 1.807) is 4.90 Å². The van der Waals surface area contributed by atoms with E-state index in [9.17, 15) is 9.59 Å². The summed E-state index contributed by atoms with van der Waals surface area (Å²) in [5.41, 5.74) is 4.80. The fourth-order valence-electron chi connectivity index (χ4n) is 4.16. The Kier molecular flexibility index (Phi) is 6.42. The number of nitrogens with zero attached hydrogens (tertiary/aromatic N) is 4. The summed E-state index contributed by atoms with van der Waals surface area (Å²) in [4.78, 5) is 26.9. The van der Waals surface area contributed by atoms with E-state index in [0.29, 0.717) is 22.4 Å². The number of aryl methyl sites for hydroxylation is 3. The summed E-state index contributed by atoms with van der Waals surface area (Å²) >= 11 is 1.31. The van der Waals surface area contributed by atoms with Gasteiger partial charge in [-0.1, -0.05) is 41.6 Å². The minimum atomic E-state index is -0.346. The van der Waals surface area contributed by atoms with Crippen molar-refractivity contribution in [2.45, 2.75) is 38.9 Å². The first kappa shape index (κ1) is 22.8. The van der Waals surface area contributed by atoms with Crippen LogP contribution in [0.2, 0.25) is 0 Å². The molecule has 0 saturated heterocycles. The van der Waals surface area contributed by atoms with Crippen molar-refractivity contribution in [3.05, 3.63) is 58.9 Å². The Morgan fingerprint density at radius 2 is 1.88 bits per heavy atom. The summed E-state index contributed by atoms with van der Waals surface area (Å²) in [5.74, 6) is 1.26. The average molecular weight is 466 g/mol. The first-order valence-electron chi connectivity index (χ1n) is 10.7. The van der Waals surface area contributed by atoms with E-state index in [1.807, 2.05) is 63.6 Å². The molecule has 1 aliphatic heterocycles. The lowest BCUT2D eigenvalue weighted by Gasteiger charge is -2.33. The third kappa shape index (κ3) is 4.59. The number of hydrogen-bond acceptors (Lipinski definition) is 6. The minimum absolute atomic E-state index is 0.0151. The maximum absolute atomic E-state index is 12.6. The molecule has 4 rings (SSSR count). The third-order valence-corrected chi connectivity index (χ3v) is 6.67. The first-order valence-corrected chi connectivity index (χ1v) is 11.7. The van der Waals surface area contributed by atoms with Gasteiger partial charge in [0.1, 0.15) is 5.75 Å². The normalized spacial score (nSPS) is 14.0. The number of rotatable bonds is 6. The van der Waals surface area contributed by atoms with Crippen molar-refractivity contribution in [1.82, 2.24) is 14.8 Å². The van der Waals surface area contributed by atoms with Crippen molar-refractivity contribution in [3.8, 4) is 5.75 Å². The summed E-state index contributed by atoms with van der Waals surface area (Å²) in [7, 11) is 1.84. The minimum Gasteiger partial charge on any atom is -0.482 e. The van der Waals surface area contributed by atoms with E-state index in [2.05, 4.69) is 27.6 Å². The topological polar surface area (TPSA) is 89.3 Å². The molecule has 0 radical (unpaired) electrons. The van der Waals surface area contributed by atoms with Crippen molar-refractivity contribution in [1.29, 1.82) is 0 Å². The van der Waals surface area contributed by atoms with Crippen LogP contribution in [0.5, 0.6) is 5.75 Å². The van der Waals surface area contributed by atoms with E-state index < -0.39 is 0 Å². The Hall–Kier alpha value is -3.33. The molecule has 2 aromatic carbocycles. The molecule has 1 N–H and O–H groups in total. The number of nitrogens with one attached hydrogen (secondary N) is 1.